The number of aliphatic carboxylic acids is 1. The highest BCUT2D eigenvalue weighted by molar-refractivity contribution is 5.87. The van der Waals surface area contributed by atoms with Gasteiger partial charge in [0.15, 0.2) is 0 Å². The second-order valence-electron chi connectivity index (χ2n) is 13.3. The van der Waals surface area contributed by atoms with Crippen molar-refractivity contribution < 1.29 is 24.2 Å². The second kappa shape index (κ2) is 12.6. The van der Waals surface area contributed by atoms with E-state index in [1.54, 1.807) is 12.0 Å². The third-order valence-electron chi connectivity index (χ3n) is 9.17. The van der Waals surface area contributed by atoms with E-state index in [-0.39, 0.29) is 29.7 Å². The summed E-state index contributed by atoms with van der Waals surface area (Å²) in [7, 11) is 1.62. The van der Waals surface area contributed by atoms with E-state index in [1.807, 2.05) is 36.4 Å². The Morgan fingerprint density at radius 1 is 1.09 bits per heavy atom. The normalized spacial score (nSPS) is 23.2. The minimum absolute atomic E-state index is 0.0947. The number of carboxylic acid groups (broad SMARTS) is 1. The van der Waals surface area contributed by atoms with Gasteiger partial charge in [-0.15, -0.1) is 0 Å². The molecule has 3 heterocycles. The predicted molar refractivity (Wildman–Crippen MR) is 167 cm³/mol. The molecule has 2 fully saturated rings. The molecule has 2 saturated heterocycles. The van der Waals surface area contributed by atoms with Crippen LogP contribution in [0.2, 0.25) is 0 Å². The third kappa shape index (κ3) is 6.13. The Hall–Kier alpha value is -3.49. The second-order valence-corrected chi connectivity index (χ2v) is 13.3. The van der Waals surface area contributed by atoms with Gasteiger partial charge in [0.2, 0.25) is 11.8 Å². The molecule has 1 amide bonds. The van der Waals surface area contributed by atoms with E-state index in [1.165, 1.54) is 0 Å². The van der Waals surface area contributed by atoms with Gasteiger partial charge in [0.25, 0.3) is 0 Å². The van der Waals surface area contributed by atoms with Crippen molar-refractivity contribution in [3.8, 4) is 5.88 Å². The van der Waals surface area contributed by atoms with Crippen LogP contribution in [0, 0.1) is 17.3 Å². The number of para-hydroxylation sites is 1. The molecular formula is C35H45N3O5. The number of carboxylic acids is 1. The molecule has 0 bridgehead atoms. The number of nitrogens with zero attached hydrogens (tertiary/aromatic N) is 2. The lowest BCUT2D eigenvalue weighted by Gasteiger charge is -2.36. The largest absolute Gasteiger partial charge is 0.481 e. The van der Waals surface area contributed by atoms with Crippen LogP contribution in [0.3, 0.4) is 0 Å². The molecule has 2 N–H and O–H groups in total. The minimum atomic E-state index is -0.991. The molecule has 43 heavy (non-hydrogen) atoms. The average Bonchev–Trinajstić information content (AvgIpc) is 3.35. The van der Waals surface area contributed by atoms with Crippen LogP contribution in [-0.2, 0) is 20.9 Å². The van der Waals surface area contributed by atoms with E-state index in [0.717, 1.165) is 27.6 Å². The maximum Gasteiger partial charge on any atom is 0.326 e. The van der Waals surface area contributed by atoms with Gasteiger partial charge in [-0.05, 0) is 47.4 Å². The molecule has 0 unspecified atom stereocenters. The van der Waals surface area contributed by atoms with Crippen LogP contribution >= 0.6 is 0 Å². The Bertz CT molecular complexity index is 1460. The maximum absolute atomic E-state index is 14.5. The van der Waals surface area contributed by atoms with E-state index in [9.17, 15) is 14.7 Å². The average molecular weight is 588 g/mol. The van der Waals surface area contributed by atoms with E-state index < -0.39 is 23.5 Å². The molecular weight excluding hydrogens is 542 g/mol. The van der Waals surface area contributed by atoms with E-state index >= 15 is 0 Å². The van der Waals surface area contributed by atoms with Crippen LogP contribution in [0.15, 0.2) is 54.6 Å². The summed E-state index contributed by atoms with van der Waals surface area (Å²) >= 11 is 0. The molecule has 1 aromatic heterocycles. The third-order valence-corrected chi connectivity index (χ3v) is 9.17. The van der Waals surface area contributed by atoms with Crippen molar-refractivity contribution in [3.05, 3.63) is 71.3 Å². The fraction of sp³-hybridized carbons (Fsp3) is 0.514. The molecule has 0 spiro atoms. The molecule has 0 saturated carbocycles. The van der Waals surface area contributed by atoms with Crippen molar-refractivity contribution in [3.63, 3.8) is 0 Å². The number of aromatic nitrogens is 1. The number of hydrogen-bond acceptors (Lipinski definition) is 6. The number of carbonyl (C=O) groups is 2. The van der Waals surface area contributed by atoms with Gasteiger partial charge in [0.05, 0.1) is 18.7 Å². The molecule has 3 aromatic rings. The van der Waals surface area contributed by atoms with Gasteiger partial charge in [-0.3, -0.25) is 4.79 Å². The summed E-state index contributed by atoms with van der Waals surface area (Å²) in [5, 5.41) is 15.6. The van der Waals surface area contributed by atoms with Crippen LogP contribution in [0.5, 0.6) is 5.88 Å². The first-order valence-corrected chi connectivity index (χ1v) is 15.4. The highest BCUT2D eigenvalue weighted by Crippen LogP contribution is 2.50. The lowest BCUT2D eigenvalue weighted by atomic mass is 9.72. The maximum atomic E-state index is 14.5. The number of pyridine rings is 1. The van der Waals surface area contributed by atoms with Gasteiger partial charge in [-0.2, -0.15) is 0 Å². The van der Waals surface area contributed by atoms with Crippen molar-refractivity contribution >= 4 is 22.8 Å². The topological polar surface area (TPSA) is 101 Å². The SMILES string of the molecule is COc1nc2ccccc2cc1CN[C@H]1[C@H](C(C)(C)C)[C@@H](C(=O)O)N(C(=O)C2CCOCC2)[C@H]1c1ccccc1C(C)C. The zero-order valence-corrected chi connectivity index (χ0v) is 26.2. The first kappa shape index (κ1) is 31.0. The van der Waals surface area contributed by atoms with Gasteiger partial charge in [0, 0.05) is 48.6 Å². The number of methoxy groups -OCH3 is 1. The Kier molecular flexibility index (Phi) is 9.09. The number of fused-ring (bicyclic) bond motifs is 1. The Labute approximate surface area is 254 Å². The van der Waals surface area contributed by atoms with Gasteiger partial charge in [-0.25, -0.2) is 9.78 Å². The lowest BCUT2D eigenvalue weighted by molar-refractivity contribution is -0.155. The predicted octanol–water partition coefficient (Wildman–Crippen LogP) is 5.95. The summed E-state index contributed by atoms with van der Waals surface area (Å²) in [6.45, 7) is 11.9. The van der Waals surface area contributed by atoms with Gasteiger partial charge in [-0.1, -0.05) is 77.1 Å². The number of hydrogen-bond donors (Lipinski definition) is 2. The fourth-order valence-electron chi connectivity index (χ4n) is 7.19. The summed E-state index contributed by atoms with van der Waals surface area (Å²) in [6, 6.07) is 16.4. The van der Waals surface area contributed by atoms with Crippen LogP contribution in [0.25, 0.3) is 10.9 Å². The van der Waals surface area contributed by atoms with Gasteiger partial charge in [0.1, 0.15) is 6.04 Å². The first-order chi connectivity index (χ1) is 20.5. The smallest absolute Gasteiger partial charge is 0.326 e. The zero-order valence-electron chi connectivity index (χ0n) is 26.2. The van der Waals surface area contributed by atoms with E-state index in [4.69, 9.17) is 14.5 Å². The molecule has 4 atom stereocenters. The molecule has 2 aromatic carbocycles. The minimum Gasteiger partial charge on any atom is -0.481 e. The van der Waals surface area contributed by atoms with Crippen molar-refractivity contribution in [1.29, 1.82) is 0 Å². The molecule has 2 aliphatic heterocycles. The van der Waals surface area contributed by atoms with Crippen LogP contribution in [-0.4, -0.2) is 59.3 Å². The number of carbonyl (C=O) groups excluding carboxylic acids is 1. The van der Waals surface area contributed by atoms with E-state index in [2.05, 4.69) is 58.1 Å². The quantitative estimate of drug-likeness (QED) is 0.336. The number of nitrogens with one attached hydrogen (secondary N) is 1. The standard InChI is InChI=1S/C35H45N3O5/c1-21(2)25-12-8-9-13-26(25)30-29(36-20-24-19-23-11-7-10-14-27(23)37-32(24)42-6)28(35(3,4)5)31(34(40)41)38(30)33(39)22-15-17-43-18-16-22/h7-14,19,21-22,28-31,36H,15-18,20H2,1-6H3,(H,40,41)/t28-,29-,30-,31-/m0/s1. The number of rotatable bonds is 8. The van der Waals surface area contributed by atoms with Crippen molar-refractivity contribution in [2.75, 3.05) is 20.3 Å². The summed E-state index contributed by atoms with van der Waals surface area (Å²) in [6.07, 6.45) is 1.19. The molecule has 8 heteroatoms. The first-order valence-electron chi connectivity index (χ1n) is 15.4. The fourth-order valence-corrected chi connectivity index (χ4v) is 7.19. The van der Waals surface area contributed by atoms with Crippen molar-refractivity contribution in [2.24, 2.45) is 17.3 Å². The summed E-state index contributed by atoms with van der Waals surface area (Å²) in [5.74, 6) is -0.990. The summed E-state index contributed by atoms with van der Waals surface area (Å²) in [5.41, 5.74) is 3.41. The Morgan fingerprint density at radius 2 is 1.77 bits per heavy atom. The highest BCUT2D eigenvalue weighted by atomic mass is 16.5. The Balaban J connectivity index is 1.65. The van der Waals surface area contributed by atoms with Crippen LogP contribution < -0.4 is 10.1 Å². The number of amides is 1. The number of likely N-dealkylation sites (tertiary alicyclic amines) is 1. The number of benzene rings is 2. The van der Waals surface area contributed by atoms with Crippen molar-refractivity contribution in [1.82, 2.24) is 15.2 Å². The molecule has 230 valence electrons. The summed E-state index contributed by atoms with van der Waals surface area (Å²) in [4.78, 5) is 34.2. The molecule has 0 radical (unpaired) electrons. The van der Waals surface area contributed by atoms with Crippen LogP contribution in [0.4, 0.5) is 0 Å². The van der Waals surface area contributed by atoms with Gasteiger partial charge < -0.3 is 24.8 Å². The molecule has 2 aliphatic rings. The van der Waals surface area contributed by atoms with E-state index in [0.29, 0.717) is 38.5 Å². The summed E-state index contributed by atoms with van der Waals surface area (Å²) < 4.78 is 11.3. The lowest BCUT2D eigenvalue weighted by Crippen LogP contribution is -2.49. The molecule has 5 rings (SSSR count). The van der Waals surface area contributed by atoms with Crippen molar-refractivity contribution in [2.45, 2.75) is 78.0 Å². The molecule has 0 aliphatic carbocycles. The molecule has 8 nitrogen and oxygen atoms in total. The van der Waals surface area contributed by atoms with Crippen LogP contribution in [0.1, 0.15) is 76.1 Å². The zero-order chi connectivity index (χ0) is 30.9. The monoisotopic (exact) mass is 587 g/mol. The van der Waals surface area contributed by atoms with Gasteiger partial charge >= 0.3 is 5.97 Å². The highest BCUT2D eigenvalue weighted by Gasteiger charge is 2.58. The number of ether oxygens (including phenoxy) is 2. The Morgan fingerprint density at radius 3 is 2.42 bits per heavy atom.